The molecule has 1 fully saturated rings. The number of amides is 1. The molecule has 1 saturated heterocycles. The molecule has 1 aliphatic heterocycles. The number of ether oxygens (including phenoxy) is 1. The number of piperazine rings is 1. The third-order valence-corrected chi connectivity index (χ3v) is 5.75. The molecule has 3 aromatic rings. The number of nitrogens with zero attached hydrogens (tertiary/aromatic N) is 2. The van der Waals surface area contributed by atoms with E-state index in [9.17, 15) is 9.18 Å². The summed E-state index contributed by atoms with van der Waals surface area (Å²) < 4.78 is 25.3. The van der Waals surface area contributed by atoms with Gasteiger partial charge >= 0.3 is 0 Å². The lowest BCUT2D eigenvalue weighted by molar-refractivity contribution is -0.123. The first-order valence-electron chi connectivity index (χ1n) is 10.5. The third-order valence-electron chi connectivity index (χ3n) is 5.50. The molecule has 32 heavy (non-hydrogen) atoms. The van der Waals surface area contributed by atoms with Gasteiger partial charge in [-0.3, -0.25) is 9.69 Å². The minimum absolute atomic E-state index is 0.0897. The minimum atomic E-state index is -0.221. The van der Waals surface area contributed by atoms with Crippen molar-refractivity contribution in [3.05, 3.63) is 83.5 Å². The number of carbonyl (C=O) groups excluding carboxylic acids is 1. The van der Waals surface area contributed by atoms with Crippen molar-refractivity contribution in [2.75, 3.05) is 44.2 Å². The van der Waals surface area contributed by atoms with Gasteiger partial charge in [0.15, 0.2) is 6.61 Å². The minimum Gasteiger partial charge on any atom is -0.484 e. The lowest BCUT2D eigenvalue weighted by Crippen LogP contribution is -2.50. The van der Waals surface area contributed by atoms with E-state index in [0.717, 1.165) is 18.8 Å². The van der Waals surface area contributed by atoms with E-state index in [-0.39, 0.29) is 24.4 Å². The van der Waals surface area contributed by atoms with Crippen molar-refractivity contribution >= 4 is 23.2 Å². The molecule has 8 heteroatoms. The molecule has 1 aliphatic rings. The molecule has 0 spiro atoms. The van der Waals surface area contributed by atoms with Gasteiger partial charge in [-0.2, -0.15) is 0 Å². The van der Waals surface area contributed by atoms with Crippen LogP contribution in [0.5, 0.6) is 5.75 Å². The van der Waals surface area contributed by atoms with Crippen LogP contribution in [-0.4, -0.2) is 50.1 Å². The Morgan fingerprint density at radius 3 is 2.50 bits per heavy atom. The van der Waals surface area contributed by atoms with Crippen LogP contribution >= 0.6 is 11.6 Å². The second kappa shape index (κ2) is 10.5. The predicted octanol–water partition coefficient (Wildman–Crippen LogP) is 4.13. The highest BCUT2D eigenvalue weighted by molar-refractivity contribution is 6.30. The Morgan fingerprint density at radius 1 is 1.06 bits per heavy atom. The fourth-order valence-electron chi connectivity index (χ4n) is 3.81. The molecule has 2 heterocycles. The largest absolute Gasteiger partial charge is 0.484 e. The van der Waals surface area contributed by atoms with Crippen LogP contribution in [0.2, 0.25) is 5.02 Å². The fourth-order valence-corrected chi connectivity index (χ4v) is 3.94. The Kier molecular flexibility index (Phi) is 7.29. The molecule has 1 aromatic heterocycles. The summed E-state index contributed by atoms with van der Waals surface area (Å²) in [5, 5.41) is 3.55. The normalized spacial score (nSPS) is 15.4. The van der Waals surface area contributed by atoms with Crippen LogP contribution < -0.4 is 15.0 Å². The maximum absolute atomic E-state index is 14.1. The van der Waals surface area contributed by atoms with Gasteiger partial charge in [-0.15, -0.1) is 0 Å². The second-order valence-corrected chi connectivity index (χ2v) is 7.99. The Bertz CT molecular complexity index is 1010. The number of hydrogen-bond donors (Lipinski definition) is 1. The number of halogens is 2. The van der Waals surface area contributed by atoms with Crippen molar-refractivity contribution in [1.29, 1.82) is 0 Å². The summed E-state index contributed by atoms with van der Waals surface area (Å²) in [7, 11) is 0. The van der Waals surface area contributed by atoms with Gasteiger partial charge in [0.25, 0.3) is 5.91 Å². The van der Waals surface area contributed by atoms with E-state index in [4.69, 9.17) is 20.8 Å². The van der Waals surface area contributed by atoms with E-state index in [1.54, 1.807) is 42.7 Å². The molecule has 2 aromatic carbocycles. The van der Waals surface area contributed by atoms with E-state index in [2.05, 4.69) is 10.2 Å². The smallest absolute Gasteiger partial charge is 0.258 e. The van der Waals surface area contributed by atoms with Crippen molar-refractivity contribution in [3.63, 3.8) is 0 Å². The standard InChI is InChI=1S/C24H25ClFN3O3/c25-18-7-9-19(10-8-18)32-17-24(30)27-16-22(23-6-3-15-31-23)29-13-11-28(12-14-29)21-5-2-1-4-20(21)26/h1-10,15,22H,11-14,16-17H2,(H,27,30)/t22-/m1/s1. The molecule has 1 atom stereocenters. The molecule has 0 unspecified atom stereocenters. The summed E-state index contributed by atoms with van der Waals surface area (Å²) in [6.07, 6.45) is 1.63. The molecule has 0 saturated carbocycles. The second-order valence-electron chi connectivity index (χ2n) is 7.55. The lowest BCUT2D eigenvalue weighted by Gasteiger charge is -2.39. The number of carbonyl (C=O) groups is 1. The number of anilines is 1. The predicted molar refractivity (Wildman–Crippen MR) is 122 cm³/mol. The van der Waals surface area contributed by atoms with Gasteiger partial charge in [0.05, 0.1) is 18.0 Å². The van der Waals surface area contributed by atoms with Crippen LogP contribution in [0.1, 0.15) is 11.8 Å². The first-order valence-corrected chi connectivity index (χ1v) is 10.9. The number of furan rings is 1. The van der Waals surface area contributed by atoms with E-state index in [0.29, 0.717) is 36.1 Å². The molecule has 1 N–H and O–H groups in total. The number of benzene rings is 2. The Labute approximate surface area is 191 Å². The summed E-state index contributed by atoms with van der Waals surface area (Å²) in [4.78, 5) is 16.6. The first kappa shape index (κ1) is 22.2. The maximum Gasteiger partial charge on any atom is 0.258 e. The molecule has 6 nitrogen and oxygen atoms in total. The van der Waals surface area contributed by atoms with Gasteiger partial charge in [-0.05, 0) is 48.5 Å². The van der Waals surface area contributed by atoms with E-state index in [1.807, 2.05) is 23.1 Å². The van der Waals surface area contributed by atoms with Crippen molar-refractivity contribution in [2.45, 2.75) is 6.04 Å². The zero-order valence-corrected chi connectivity index (χ0v) is 18.3. The molecular weight excluding hydrogens is 433 g/mol. The van der Waals surface area contributed by atoms with Gasteiger partial charge in [-0.25, -0.2) is 4.39 Å². The highest BCUT2D eigenvalue weighted by Crippen LogP contribution is 2.25. The highest BCUT2D eigenvalue weighted by atomic mass is 35.5. The summed E-state index contributed by atoms with van der Waals surface area (Å²) in [5.41, 5.74) is 0.620. The summed E-state index contributed by atoms with van der Waals surface area (Å²) in [6.45, 7) is 3.11. The van der Waals surface area contributed by atoms with Crippen molar-refractivity contribution in [2.24, 2.45) is 0 Å². The van der Waals surface area contributed by atoms with Gasteiger partial charge in [0.1, 0.15) is 17.3 Å². The van der Waals surface area contributed by atoms with Gasteiger partial charge in [-0.1, -0.05) is 23.7 Å². The van der Waals surface area contributed by atoms with E-state index < -0.39 is 0 Å². The molecule has 4 rings (SSSR count). The summed E-state index contributed by atoms with van der Waals surface area (Å²) >= 11 is 5.86. The average Bonchev–Trinajstić information content (AvgIpc) is 3.34. The van der Waals surface area contributed by atoms with Crippen LogP contribution in [0.3, 0.4) is 0 Å². The highest BCUT2D eigenvalue weighted by Gasteiger charge is 2.28. The van der Waals surface area contributed by atoms with Gasteiger partial charge < -0.3 is 19.4 Å². The summed E-state index contributed by atoms with van der Waals surface area (Å²) in [6, 6.07) is 17.3. The van der Waals surface area contributed by atoms with Crippen LogP contribution in [0.4, 0.5) is 10.1 Å². The number of hydrogen-bond acceptors (Lipinski definition) is 5. The number of para-hydroxylation sites is 1. The van der Waals surface area contributed by atoms with Gasteiger partial charge in [0, 0.05) is 37.7 Å². The van der Waals surface area contributed by atoms with Crippen LogP contribution in [0, 0.1) is 5.82 Å². The van der Waals surface area contributed by atoms with E-state index in [1.165, 1.54) is 6.07 Å². The molecule has 1 amide bonds. The van der Waals surface area contributed by atoms with Crippen molar-refractivity contribution in [3.8, 4) is 5.75 Å². The molecule has 168 valence electrons. The molecule has 0 aliphatic carbocycles. The molecule has 0 bridgehead atoms. The van der Waals surface area contributed by atoms with Crippen LogP contribution in [0.25, 0.3) is 0 Å². The molecular formula is C24H25ClFN3O3. The monoisotopic (exact) mass is 457 g/mol. The first-order chi connectivity index (χ1) is 15.6. The maximum atomic E-state index is 14.1. The zero-order valence-electron chi connectivity index (χ0n) is 17.5. The van der Waals surface area contributed by atoms with Gasteiger partial charge in [0.2, 0.25) is 0 Å². The van der Waals surface area contributed by atoms with E-state index >= 15 is 0 Å². The number of rotatable bonds is 8. The topological polar surface area (TPSA) is 58.0 Å². The Hall–Kier alpha value is -3.03. The SMILES string of the molecule is O=C(COc1ccc(Cl)cc1)NC[C@H](c1ccco1)N1CCN(c2ccccc2F)CC1. The average molecular weight is 458 g/mol. The zero-order chi connectivity index (χ0) is 22.3. The summed E-state index contributed by atoms with van der Waals surface area (Å²) in [5.74, 6) is 0.928. The molecule has 0 radical (unpaired) electrons. The number of nitrogens with one attached hydrogen (secondary N) is 1. The van der Waals surface area contributed by atoms with Crippen molar-refractivity contribution in [1.82, 2.24) is 10.2 Å². The van der Waals surface area contributed by atoms with Crippen LogP contribution in [0.15, 0.2) is 71.3 Å². The quantitative estimate of drug-likeness (QED) is 0.551. The lowest BCUT2D eigenvalue weighted by atomic mass is 10.1. The Morgan fingerprint density at radius 2 is 1.81 bits per heavy atom. The third kappa shape index (κ3) is 5.60. The van der Waals surface area contributed by atoms with Crippen molar-refractivity contribution < 1.29 is 18.3 Å². The van der Waals surface area contributed by atoms with Crippen LogP contribution in [-0.2, 0) is 4.79 Å². The fraction of sp³-hybridized carbons (Fsp3) is 0.292. The Balaban J connectivity index is 1.32.